The average Bonchev–Trinajstić information content (AvgIpc) is 3.02. The first-order chi connectivity index (χ1) is 15.5. The standard InChI is InChI=1S/C27H30O5/c1-30-25-27(29,18-22-13-7-3-8-14-22)26(28,17-21-11-5-2-6-12-21)24(32-25)20-31-19-23-15-9-4-10-16-23/h2-16,24-25,28-29H,17-20H2,1H3/t24-,25?,26-,27-/m1/s1. The Morgan fingerprint density at radius 2 is 1.19 bits per heavy atom. The lowest BCUT2D eigenvalue weighted by atomic mass is 9.73. The van der Waals surface area contributed by atoms with Gasteiger partial charge in [0.1, 0.15) is 11.7 Å². The summed E-state index contributed by atoms with van der Waals surface area (Å²) in [6.07, 6.45) is -1.38. The molecule has 0 amide bonds. The van der Waals surface area contributed by atoms with Gasteiger partial charge in [0.05, 0.1) is 13.2 Å². The fourth-order valence-electron chi connectivity index (χ4n) is 4.46. The maximum absolute atomic E-state index is 12.0. The highest BCUT2D eigenvalue weighted by Crippen LogP contribution is 2.45. The summed E-state index contributed by atoms with van der Waals surface area (Å²) in [7, 11) is 1.48. The number of ether oxygens (including phenoxy) is 3. The maximum atomic E-state index is 12.0. The van der Waals surface area contributed by atoms with Crippen LogP contribution in [-0.4, -0.2) is 47.5 Å². The van der Waals surface area contributed by atoms with Gasteiger partial charge in [-0.15, -0.1) is 0 Å². The Bertz CT molecular complexity index is 965. The molecular weight excluding hydrogens is 404 g/mol. The van der Waals surface area contributed by atoms with Crippen molar-refractivity contribution in [1.29, 1.82) is 0 Å². The maximum Gasteiger partial charge on any atom is 0.189 e. The van der Waals surface area contributed by atoms with Crippen LogP contribution in [0.3, 0.4) is 0 Å². The lowest BCUT2D eigenvalue weighted by Gasteiger charge is -2.41. The second-order valence-electron chi connectivity index (χ2n) is 8.37. The molecule has 3 aromatic carbocycles. The van der Waals surface area contributed by atoms with Crippen LogP contribution in [0.4, 0.5) is 0 Å². The summed E-state index contributed by atoms with van der Waals surface area (Å²) in [6, 6.07) is 29.0. The molecule has 0 saturated carbocycles. The van der Waals surface area contributed by atoms with E-state index in [1.807, 2.05) is 91.0 Å². The monoisotopic (exact) mass is 434 g/mol. The zero-order valence-corrected chi connectivity index (χ0v) is 18.3. The Kier molecular flexibility index (Phi) is 7.04. The molecule has 168 valence electrons. The smallest absolute Gasteiger partial charge is 0.189 e. The van der Waals surface area contributed by atoms with Crippen molar-refractivity contribution in [2.45, 2.75) is 43.0 Å². The van der Waals surface area contributed by atoms with E-state index < -0.39 is 23.6 Å². The third-order valence-corrected chi connectivity index (χ3v) is 6.19. The molecule has 32 heavy (non-hydrogen) atoms. The number of hydrogen-bond acceptors (Lipinski definition) is 5. The van der Waals surface area contributed by atoms with E-state index in [1.165, 1.54) is 7.11 Å². The molecule has 4 rings (SSSR count). The highest BCUT2D eigenvalue weighted by atomic mass is 16.7. The molecule has 1 saturated heterocycles. The van der Waals surface area contributed by atoms with Crippen molar-refractivity contribution >= 4 is 0 Å². The normalized spacial score (nSPS) is 27.5. The Balaban J connectivity index is 1.61. The molecule has 4 atom stereocenters. The van der Waals surface area contributed by atoms with E-state index in [0.29, 0.717) is 6.61 Å². The van der Waals surface area contributed by atoms with E-state index in [2.05, 4.69) is 0 Å². The minimum atomic E-state index is -1.67. The molecule has 1 unspecified atom stereocenters. The van der Waals surface area contributed by atoms with Gasteiger partial charge >= 0.3 is 0 Å². The fraction of sp³-hybridized carbons (Fsp3) is 0.333. The molecule has 1 aliphatic heterocycles. The third kappa shape index (κ3) is 4.63. The van der Waals surface area contributed by atoms with Crippen LogP contribution in [0.25, 0.3) is 0 Å². The SMILES string of the molecule is COC1O[C@H](COCc2ccccc2)[C@](O)(Cc2ccccc2)[C@@]1(O)Cc1ccccc1. The number of rotatable bonds is 9. The number of hydrogen-bond donors (Lipinski definition) is 2. The minimum absolute atomic E-state index is 0.120. The van der Waals surface area contributed by atoms with Gasteiger partial charge in [-0.25, -0.2) is 0 Å². The Morgan fingerprint density at radius 3 is 1.69 bits per heavy atom. The summed E-state index contributed by atoms with van der Waals surface area (Å²) in [4.78, 5) is 0. The third-order valence-electron chi connectivity index (χ3n) is 6.19. The van der Waals surface area contributed by atoms with Crippen molar-refractivity contribution in [3.05, 3.63) is 108 Å². The van der Waals surface area contributed by atoms with E-state index >= 15 is 0 Å². The molecule has 5 heteroatoms. The fourth-order valence-corrected chi connectivity index (χ4v) is 4.46. The van der Waals surface area contributed by atoms with Crippen molar-refractivity contribution in [3.63, 3.8) is 0 Å². The van der Waals surface area contributed by atoms with E-state index in [0.717, 1.165) is 16.7 Å². The van der Waals surface area contributed by atoms with E-state index in [-0.39, 0.29) is 19.4 Å². The molecule has 0 aliphatic carbocycles. The zero-order chi connectivity index (χ0) is 22.4. The zero-order valence-electron chi connectivity index (χ0n) is 18.3. The molecule has 0 spiro atoms. The van der Waals surface area contributed by atoms with Gasteiger partial charge in [0.2, 0.25) is 0 Å². The molecule has 1 heterocycles. The molecule has 1 fully saturated rings. The van der Waals surface area contributed by atoms with Crippen molar-refractivity contribution < 1.29 is 24.4 Å². The van der Waals surface area contributed by atoms with Crippen LogP contribution in [0, 0.1) is 0 Å². The predicted octanol–water partition coefficient (Wildman–Crippen LogP) is 3.52. The second-order valence-corrected chi connectivity index (χ2v) is 8.37. The lowest BCUT2D eigenvalue weighted by molar-refractivity contribution is -0.205. The molecule has 3 aromatic rings. The molecule has 5 nitrogen and oxygen atoms in total. The van der Waals surface area contributed by atoms with Crippen LogP contribution in [0.2, 0.25) is 0 Å². The number of methoxy groups -OCH3 is 1. The van der Waals surface area contributed by atoms with E-state index in [4.69, 9.17) is 14.2 Å². The van der Waals surface area contributed by atoms with E-state index in [1.54, 1.807) is 0 Å². The van der Waals surface area contributed by atoms with Crippen LogP contribution in [-0.2, 0) is 33.7 Å². The predicted molar refractivity (Wildman–Crippen MR) is 122 cm³/mol. The largest absolute Gasteiger partial charge is 0.383 e. The van der Waals surface area contributed by atoms with Gasteiger partial charge in [-0.3, -0.25) is 0 Å². The summed E-state index contributed by atoms with van der Waals surface area (Å²) < 4.78 is 17.5. The summed E-state index contributed by atoms with van der Waals surface area (Å²) in [5.41, 5.74) is -0.478. The van der Waals surface area contributed by atoms with Gasteiger partial charge in [-0.1, -0.05) is 91.0 Å². The topological polar surface area (TPSA) is 68.2 Å². The first-order valence-corrected chi connectivity index (χ1v) is 10.9. The van der Waals surface area contributed by atoms with Crippen LogP contribution in [0.5, 0.6) is 0 Å². The van der Waals surface area contributed by atoms with Crippen LogP contribution in [0.15, 0.2) is 91.0 Å². The molecule has 0 aromatic heterocycles. The lowest BCUT2D eigenvalue weighted by Crippen LogP contribution is -2.62. The molecule has 1 aliphatic rings. The van der Waals surface area contributed by atoms with Crippen LogP contribution < -0.4 is 0 Å². The first kappa shape index (κ1) is 22.6. The number of benzene rings is 3. The van der Waals surface area contributed by atoms with Crippen molar-refractivity contribution in [2.75, 3.05) is 13.7 Å². The van der Waals surface area contributed by atoms with Gasteiger partial charge in [-0.2, -0.15) is 0 Å². The van der Waals surface area contributed by atoms with Gasteiger partial charge in [-0.05, 0) is 16.7 Å². The Morgan fingerprint density at radius 1 is 0.719 bits per heavy atom. The summed E-state index contributed by atoms with van der Waals surface area (Å²) in [6.45, 7) is 0.506. The van der Waals surface area contributed by atoms with Gasteiger partial charge < -0.3 is 24.4 Å². The Labute approximate surface area is 189 Å². The van der Waals surface area contributed by atoms with Gasteiger partial charge in [0.15, 0.2) is 11.9 Å². The number of aliphatic hydroxyl groups is 2. The van der Waals surface area contributed by atoms with Gasteiger partial charge in [0.25, 0.3) is 0 Å². The molecular formula is C27H30O5. The molecule has 0 radical (unpaired) electrons. The summed E-state index contributed by atoms with van der Waals surface area (Å²) in [5, 5.41) is 24.0. The van der Waals surface area contributed by atoms with Crippen LogP contribution in [0.1, 0.15) is 16.7 Å². The van der Waals surface area contributed by atoms with E-state index in [9.17, 15) is 10.2 Å². The molecule has 2 N–H and O–H groups in total. The van der Waals surface area contributed by atoms with Crippen molar-refractivity contribution in [2.24, 2.45) is 0 Å². The molecule has 0 bridgehead atoms. The van der Waals surface area contributed by atoms with Crippen LogP contribution >= 0.6 is 0 Å². The van der Waals surface area contributed by atoms with Gasteiger partial charge in [0, 0.05) is 20.0 Å². The highest BCUT2D eigenvalue weighted by molar-refractivity contribution is 5.27. The minimum Gasteiger partial charge on any atom is -0.383 e. The average molecular weight is 435 g/mol. The first-order valence-electron chi connectivity index (χ1n) is 10.9. The second kappa shape index (κ2) is 9.94. The Hall–Kier alpha value is -2.54. The quantitative estimate of drug-likeness (QED) is 0.539. The van der Waals surface area contributed by atoms with Crippen molar-refractivity contribution in [3.8, 4) is 0 Å². The van der Waals surface area contributed by atoms with Crippen molar-refractivity contribution in [1.82, 2.24) is 0 Å². The summed E-state index contributed by atoms with van der Waals surface area (Å²) in [5.74, 6) is 0. The highest BCUT2D eigenvalue weighted by Gasteiger charge is 2.65. The summed E-state index contributed by atoms with van der Waals surface area (Å²) >= 11 is 0.